The summed E-state index contributed by atoms with van der Waals surface area (Å²) in [7, 11) is 1.85. The highest BCUT2D eigenvalue weighted by molar-refractivity contribution is 7.13. The van der Waals surface area contributed by atoms with Crippen molar-refractivity contribution < 1.29 is 14.0 Å². The van der Waals surface area contributed by atoms with E-state index in [2.05, 4.69) is 17.0 Å². The number of rotatable bonds is 7. The Morgan fingerprint density at radius 1 is 1.18 bits per heavy atom. The van der Waals surface area contributed by atoms with E-state index in [9.17, 15) is 14.0 Å². The van der Waals surface area contributed by atoms with Gasteiger partial charge in [-0.25, -0.2) is 14.1 Å². The number of halogens is 1. The molecular formula is C24H28FN5O2S. The van der Waals surface area contributed by atoms with Crippen LogP contribution in [0.2, 0.25) is 0 Å². The number of carbonyl (C=O) groups is 2. The Labute approximate surface area is 196 Å². The SMILES string of the molecule is CCCCN(C)C(=O)C1CCN(C(=O)c2nc(-c3cccs3)n(-c3ccc(F)cc3)n2)CC1. The lowest BCUT2D eigenvalue weighted by Crippen LogP contribution is -2.44. The summed E-state index contributed by atoms with van der Waals surface area (Å²) >= 11 is 1.50. The van der Waals surface area contributed by atoms with Crippen LogP contribution in [-0.4, -0.2) is 63.1 Å². The monoisotopic (exact) mass is 469 g/mol. The first-order valence-electron chi connectivity index (χ1n) is 11.3. The minimum atomic E-state index is -0.342. The van der Waals surface area contributed by atoms with Gasteiger partial charge in [-0.3, -0.25) is 9.59 Å². The average Bonchev–Trinajstić information content (AvgIpc) is 3.52. The van der Waals surface area contributed by atoms with Crippen LogP contribution in [0, 0.1) is 11.7 Å². The van der Waals surface area contributed by atoms with E-state index in [1.165, 1.54) is 23.5 Å². The van der Waals surface area contributed by atoms with Crippen molar-refractivity contribution in [3.8, 4) is 16.4 Å². The van der Waals surface area contributed by atoms with Crippen molar-refractivity contribution >= 4 is 23.2 Å². The molecule has 4 rings (SSSR count). The van der Waals surface area contributed by atoms with Gasteiger partial charge >= 0.3 is 0 Å². The van der Waals surface area contributed by atoms with Crippen LogP contribution in [-0.2, 0) is 4.79 Å². The number of unbranched alkanes of at least 4 members (excludes halogenated alkanes) is 1. The number of aromatic nitrogens is 3. The summed E-state index contributed by atoms with van der Waals surface area (Å²) in [6, 6.07) is 9.76. The number of piperidine rings is 1. The highest BCUT2D eigenvalue weighted by Crippen LogP contribution is 2.27. The molecule has 9 heteroatoms. The molecule has 1 aromatic carbocycles. The van der Waals surface area contributed by atoms with Gasteiger partial charge in [-0.1, -0.05) is 19.4 Å². The topological polar surface area (TPSA) is 71.3 Å². The van der Waals surface area contributed by atoms with Gasteiger partial charge in [-0.2, -0.15) is 0 Å². The second-order valence-electron chi connectivity index (χ2n) is 8.30. The van der Waals surface area contributed by atoms with Crippen LogP contribution in [0.15, 0.2) is 41.8 Å². The molecule has 1 aliphatic rings. The Bertz CT molecular complexity index is 1090. The summed E-state index contributed by atoms with van der Waals surface area (Å²) in [6.45, 7) is 3.87. The third-order valence-corrected chi connectivity index (χ3v) is 6.83. The zero-order valence-corrected chi connectivity index (χ0v) is 19.7. The van der Waals surface area contributed by atoms with Crippen molar-refractivity contribution in [1.82, 2.24) is 24.6 Å². The minimum Gasteiger partial charge on any atom is -0.346 e. The van der Waals surface area contributed by atoms with Crippen LogP contribution >= 0.6 is 11.3 Å². The van der Waals surface area contributed by atoms with Gasteiger partial charge in [0.05, 0.1) is 10.6 Å². The van der Waals surface area contributed by atoms with Gasteiger partial charge in [0, 0.05) is 32.6 Å². The molecule has 0 atom stereocenters. The molecule has 0 saturated carbocycles. The normalized spacial score (nSPS) is 14.5. The second kappa shape index (κ2) is 10.2. The number of hydrogen-bond acceptors (Lipinski definition) is 5. The van der Waals surface area contributed by atoms with Crippen molar-refractivity contribution in [3.05, 3.63) is 53.4 Å². The lowest BCUT2D eigenvalue weighted by Gasteiger charge is -2.32. The molecule has 2 aromatic heterocycles. The highest BCUT2D eigenvalue weighted by Gasteiger charge is 2.31. The number of benzene rings is 1. The van der Waals surface area contributed by atoms with Gasteiger partial charge in [0.1, 0.15) is 5.82 Å². The maximum Gasteiger partial charge on any atom is 0.293 e. The van der Waals surface area contributed by atoms with E-state index in [1.54, 1.807) is 21.7 Å². The Balaban J connectivity index is 1.49. The highest BCUT2D eigenvalue weighted by atomic mass is 32.1. The third kappa shape index (κ3) is 5.13. The molecule has 1 aliphatic heterocycles. The molecule has 3 aromatic rings. The lowest BCUT2D eigenvalue weighted by atomic mass is 9.95. The zero-order chi connectivity index (χ0) is 23.4. The molecule has 1 fully saturated rings. The number of nitrogens with zero attached hydrogens (tertiary/aromatic N) is 5. The van der Waals surface area contributed by atoms with E-state index < -0.39 is 0 Å². The molecule has 0 N–H and O–H groups in total. The van der Waals surface area contributed by atoms with Crippen molar-refractivity contribution in [2.45, 2.75) is 32.6 Å². The molecule has 33 heavy (non-hydrogen) atoms. The minimum absolute atomic E-state index is 0.0534. The molecule has 3 heterocycles. The summed E-state index contributed by atoms with van der Waals surface area (Å²) in [5.41, 5.74) is 0.630. The number of hydrogen-bond donors (Lipinski definition) is 0. The number of thiophene rings is 1. The Morgan fingerprint density at radius 3 is 2.55 bits per heavy atom. The summed E-state index contributed by atoms with van der Waals surface area (Å²) in [5, 5.41) is 6.41. The molecule has 0 aliphatic carbocycles. The fourth-order valence-electron chi connectivity index (χ4n) is 4.02. The molecule has 7 nitrogen and oxygen atoms in total. The predicted molar refractivity (Wildman–Crippen MR) is 126 cm³/mol. The van der Waals surface area contributed by atoms with E-state index in [4.69, 9.17) is 0 Å². The van der Waals surface area contributed by atoms with Crippen LogP contribution in [0.1, 0.15) is 43.2 Å². The zero-order valence-electron chi connectivity index (χ0n) is 18.9. The smallest absolute Gasteiger partial charge is 0.293 e. The van der Waals surface area contributed by atoms with Crippen molar-refractivity contribution in [2.75, 3.05) is 26.7 Å². The third-order valence-electron chi connectivity index (χ3n) is 5.97. The van der Waals surface area contributed by atoms with E-state index >= 15 is 0 Å². The van der Waals surface area contributed by atoms with Crippen molar-refractivity contribution in [1.29, 1.82) is 0 Å². The van der Waals surface area contributed by atoms with Crippen LogP contribution in [0.4, 0.5) is 4.39 Å². The quantitative estimate of drug-likeness (QED) is 0.519. The summed E-state index contributed by atoms with van der Waals surface area (Å²) in [4.78, 5) is 34.8. The van der Waals surface area contributed by atoms with Gasteiger partial charge in [0.15, 0.2) is 5.82 Å². The molecule has 1 saturated heterocycles. The van der Waals surface area contributed by atoms with Crippen LogP contribution in [0.3, 0.4) is 0 Å². The fraction of sp³-hybridized carbons (Fsp3) is 0.417. The van der Waals surface area contributed by atoms with Gasteiger partial charge in [0.2, 0.25) is 11.7 Å². The van der Waals surface area contributed by atoms with Crippen LogP contribution in [0.5, 0.6) is 0 Å². The first-order valence-corrected chi connectivity index (χ1v) is 12.2. The van der Waals surface area contributed by atoms with Crippen LogP contribution < -0.4 is 0 Å². The molecule has 0 radical (unpaired) electrons. The van der Waals surface area contributed by atoms with Gasteiger partial charge in [-0.05, 0) is 55.0 Å². The summed E-state index contributed by atoms with van der Waals surface area (Å²) in [5.74, 6) is 0.163. The van der Waals surface area contributed by atoms with Gasteiger partial charge in [0.25, 0.3) is 5.91 Å². The Hall–Kier alpha value is -3.07. The second-order valence-corrected chi connectivity index (χ2v) is 9.25. The summed E-state index contributed by atoms with van der Waals surface area (Å²) < 4.78 is 15.0. The molecule has 0 bridgehead atoms. The van der Waals surface area contributed by atoms with E-state index in [0.29, 0.717) is 37.4 Å². The largest absolute Gasteiger partial charge is 0.346 e. The predicted octanol–water partition coefficient (Wildman–Crippen LogP) is 4.25. The Morgan fingerprint density at radius 2 is 1.91 bits per heavy atom. The average molecular weight is 470 g/mol. The molecule has 2 amide bonds. The van der Waals surface area contributed by atoms with Crippen LogP contribution in [0.25, 0.3) is 16.4 Å². The van der Waals surface area contributed by atoms with Crippen molar-refractivity contribution in [2.24, 2.45) is 5.92 Å². The van der Waals surface area contributed by atoms with E-state index in [0.717, 1.165) is 24.3 Å². The molecular weight excluding hydrogens is 441 g/mol. The number of amides is 2. The van der Waals surface area contributed by atoms with Crippen molar-refractivity contribution in [3.63, 3.8) is 0 Å². The molecule has 0 spiro atoms. The van der Waals surface area contributed by atoms with E-state index in [1.807, 2.05) is 29.5 Å². The number of likely N-dealkylation sites (tertiary alicyclic amines) is 1. The standard InChI is InChI=1S/C24H28FN5O2S/c1-3-4-13-28(2)23(31)17-11-14-29(15-12-17)24(32)21-26-22(20-6-5-16-33-20)30(27-21)19-9-7-18(25)8-10-19/h5-10,16-17H,3-4,11-15H2,1-2H3. The maximum atomic E-state index is 13.4. The fourth-order valence-corrected chi connectivity index (χ4v) is 4.72. The van der Waals surface area contributed by atoms with E-state index in [-0.39, 0.29) is 29.4 Å². The first-order chi connectivity index (χ1) is 16.0. The van der Waals surface area contributed by atoms with Gasteiger partial charge < -0.3 is 9.80 Å². The molecule has 174 valence electrons. The number of carbonyl (C=O) groups excluding carboxylic acids is 2. The molecule has 0 unspecified atom stereocenters. The summed E-state index contributed by atoms with van der Waals surface area (Å²) in [6.07, 6.45) is 3.32. The van der Waals surface area contributed by atoms with Gasteiger partial charge in [-0.15, -0.1) is 16.4 Å². The first kappa shape index (κ1) is 23.1. The maximum absolute atomic E-state index is 13.4. The Kier molecular flexibility index (Phi) is 7.17. The lowest BCUT2D eigenvalue weighted by molar-refractivity contribution is -0.135.